The SMILES string of the molecule is CCOC(=O)c1ccn(-c2ccc(NC(=O)NC(CN(C)C)c3ccccc3)cc2)n1. The summed E-state index contributed by atoms with van der Waals surface area (Å²) in [5, 5.41) is 10.1. The van der Waals surface area contributed by atoms with Crippen molar-refractivity contribution >= 4 is 17.7 Å². The Balaban J connectivity index is 1.63. The highest BCUT2D eigenvalue weighted by atomic mass is 16.5. The molecule has 0 aliphatic heterocycles. The minimum absolute atomic E-state index is 0.138. The molecule has 2 amide bonds. The van der Waals surface area contributed by atoms with Gasteiger partial charge >= 0.3 is 12.0 Å². The summed E-state index contributed by atoms with van der Waals surface area (Å²) >= 11 is 0. The molecule has 31 heavy (non-hydrogen) atoms. The number of urea groups is 1. The van der Waals surface area contributed by atoms with Crippen LogP contribution < -0.4 is 10.6 Å². The van der Waals surface area contributed by atoms with E-state index in [1.54, 1.807) is 36.0 Å². The molecule has 0 spiro atoms. The monoisotopic (exact) mass is 421 g/mol. The number of anilines is 1. The number of nitrogens with zero attached hydrogens (tertiary/aromatic N) is 3. The third-order valence-electron chi connectivity index (χ3n) is 4.52. The summed E-state index contributed by atoms with van der Waals surface area (Å²) in [6.07, 6.45) is 1.69. The van der Waals surface area contributed by atoms with Crippen molar-refractivity contribution in [2.75, 3.05) is 32.6 Å². The topological polar surface area (TPSA) is 88.5 Å². The number of likely N-dealkylation sites (N-methyl/N-ethyl adjacent to an activating group) is 1. The molecule has 8 heteroatoms. The van der Waals surface area contributed by atoms with E-state index < -0.39 is 5.97 Å². The Morgan fingerprint density at radius 2 is 1.77 bits per heavy atom. The number of esters is 1. The van der Waals surface area contributed by atoms with Crippen LogP contribution in [0.1, 0.15) is 29.0 Å². The predicted molar refractivity (Wildman–Crippen MR) is 119 cm³/mol. The normalized spacial score (nSPS) is 11.7. The summed E-state index contributed by atoms with van der Waals surface area (Å²) in [6, 6.07) is 18.2. The van der Waals surface area contributed by atoms with Crippen molar-refractivity contribution in [3.8, 4) is 5.69 Å². The molecule has 0 saturated heterocycles. The zero-order valence-electron chi connectivity index (χ0n) is 17.9. The molecule has 0 aliphatic carbocycles. The predicted octanol–water partition coefficient (Wildman–Crippen LogP) is 3.47. The zero-order chi connectivity index (χ0) is 22.2. The average molecular weight is 422 g/mol. The van der Waals surface area contributed by atoms with E-state index in [1.165, 1.54) is 0 Å². The van der Waals surface area contributed by atoms with Gasteiger partial charge in [0.15, 0.2) is 5.69 Å². The lowest BCUT2D eigenvalue weighted by Crippen LogP contribution is -2.37. The van der Waals surface area contributed by atoms with E-state index in [0.29, 0.717) is 18.8 Å². The van der Waals surface area contributed by atoms with Gasteiger partial charge in [0.2, 0.25) is 0 Å². The Morgan fingerprint density at radius 3 is 2.42 bits per heavy atom. The number of amides is 2. The van der Waals surface area contributed by atoms with Crippen LogP contribution >= 0.6 is 0 Å². The molecule has 8 nitrogen and oxygen atoms in total. The van der Waals surface area contributed by atoms with Crippen molar-refractivity contribution in [3.05, 3.63) is 78.1 Å². The highest BCUT2D eigenvalue weighted by molar-refractivity contribution is 5.89. The molecule has 2 N–H and O–H groups in total. The number of hydrogen-bond donors (Lipinski definition) is 2. The van der Waals surface area contributed by atoms with Gasteiger partial charge in [-0.25, -0.2) is 14.3 Å². The fourth-order valence-electron chi connectivity index (χ4n) is 3.09. The van der Waals surface area contributed by atoms with Gasteiger partial charge in [0.25, 0.3) is 0 Å². The third kappa shape index (κ3) is 6.16. The van der Waals surface area contributed by atoms with Gasteiger partial charge in [0.1, 0.15) is 0 Å². The van der Waals surface area contributed by atoms with E-state index in [9.17, 15) is 9.59 Å². The van der Waals surface area contributed by atoms with Crippen LogP contribution in [0.2, 0.25) is 0 Å². The molecular formula is C23H27N5O3. The van der Waals surface area contributed by atoms with E-state index >= 15 is 0 Å². The molecule has 3 aromatic rings. The van der Waals surface area contributed by atoms with E-state index in [4.69, 9.17) is 4.74 Å². The maximum Gasteiger partial charge on any atom is 0.358 e. The van der Waals surface area contributed by atoms with Gasteiger partial charge in [-0.3, -0.25) is 0 Å². The van der Waals surface area contributed by atoms with Crippen LogP contribution in [0.4, 0.5) is 10.5 Å². The van der Waals surface area contributed by atoms with E-state index in [2.05, 4.69) is 15.7 Å². The second-order valence-corrected chi connectivity index (χ2v) is 7.24. The molecule has 1 heterocycles. The highest BCUT2D eigenvalue weighted by Gasteiger charge is 2.16. The number of carbonyl (C=O) groups excluding carboxylic acids is 2. The van der Waals surface area contributed by atoms with Crippen LogP contribution in [0.3, 0.4) is 0 Å². The second-order valence-electron chi connectivity index (χ2n) is 7.24. The largest absolute Gasteiger partial charge is 0.461 e. The highest BCUT2D eigenvalue weighted by Crippen LogP contribution is 2.16. The summed E-state index contributed by atoms with van der Waals surface area (Å²) in [4.78, 5) is 26.4. The first-order valence-corrected chi connectivity index (χ1v) is 10.1. The number of benzene rings is 2. The number of rotatable bonds is 8. The molecule has 0 aliphatic rings. The molecular weight excluding hydrogens is 394 g/mol. The van der Waals surface area contributed by atoms with Crippen LogP contribution in [-0.4, -0.2) is 53.9 Å². The van der Waals surface area contributed by atoms with Crippen molar-refractivity contribution in [2.45, 2.75) is 13.0 Å². The molecule has 2 aromatic carbocycles. The van der Waals surface area contributed by atoms with Crippen molar-refractivity contribution in [3.63, 3.8) is 0 Å². The van der Waals surface area contributed by atoms with Gasteiger partial charge in [-0.2, -0.15) is 5.10 Å². The molecule has 0 fully saturated rings. The standard InChI is InChI=1S/C23H27N5O3/c1-4-31-22(29)20-14-15-28(26-20)19-12-10-18(11-13-19)24-23(30)25-21(16-27(2)3)17-8-6-5-7-9-17/h5-15,21H,4,16H2,1-3H3,(H2,24,25,30). The third-order valence-corrected chi connectivity index (χ3v) is 4.52. The van der Waals surface area contributed by atoms with E-state index in [-0.39, 0.29) is 17.8 Å². The molecule has 1 atom stereocenters. The zero-order valence-corrected chi connectivity index (χ0v) is 17.9. The van der Waals surface area contributed by atoms with Gasteiger partial charge in [-0.05, 0) is 56.9 Å². The van der Waals surface area contributed by atoms with E-state index in [0.717, 1.165) is 11.3 Å². The maximum atomic E-state index is 12.6. The Kier molecular flexibility index (Phi) is 7.40. The molecule has 1 unspecified atom stereocenters. The molecule has 0 bridgehead atoms. The number of nitrogens with one attached hydrogen (secondary N) is 2. The van der Waals surface area contributed by atoms with Crippen LogP contribution in [0, 0.1) is 0 Å². The maximum absolute atomic E-state index is 12.6. The number of aromatic nitrogens is 2. The Morgan fingerprint density at radius 1 is 1.06 bits per heavy atom. The van der Waals surface area contributed by atoms with Crippen LogP contribution in [0.5, 0.6) is 0 Å². The van der Waals surface area contributed by atoms with Crippen molar-refractivity contribution in [2.24, 2.45) is 0 Å². The summed E-state index contributed by atoms with van der Waals surface area (Å²) < 4.78 is 6.54. The Labute approximate surface area is 181 Å². The summed E-state index contributed by atoms with van der Waals surface area (Å²) in [6.45, 7) is 2.73. The van der Waals surface area contributed by atoms with Crippen molar-refractivity contribution < 1.29 is 14.3 Å². The first-order chi connectivity index (χ1) is 15.0. The van der Waals surface area contributed by atoms with Gasteiger partial charge < -0.3 is 20.3 Å². The summed E-state index contributed by atoms with van der Waals surface area (Å²) in [7, 11) is 3.94. The fourth-order valence-corrected chi connectivity index (χ4v) is 3.09. The van der Waals surface area contributed by atoms with Gasteiger partial charge in [-0.1, -0.05) is 30.3 Å². The van der Waals surface area contributed by atoms with Crippen molar-refractivity contribution in [1.82, 2.24) is 20.0 Å². The van der Waals surface area contributed by atoms with Gasteiger partial charge in [0, 0.05) is 18.4 Å². The second kappa shape index (κ2) is 10.4. The lowest BCUT2D eigenvalue weighted by atomic mass is 10.1. The van der Waals surface area contributed by atoms with Crippen LogP contribution in [-0.2, 0) is 4.74 Å². The fraction of sp³-hybridized carbons (Fsp3) is 0.261. The Bertz CT molecular complexity index is 1000. The molecule has 0 radical (unpaired) electrons. The average Bonchev–Trinajstić information content (AvgIpc) is 3.25. The van der Waals surface area contributed by atoms with Crippen LogP contribution in [0.15, 0.2) is 66.9 Å². The quantitative estimate of drug-likeness (QED) is 0.544. The smallest absolute Gasteiger partial charge is 0.358 e. The molecule has 1 aromatic heterocycles. The summed E-state index contributed by atoms with van der Waals surface area (Å²) in [5.74, 6) is -0.457. The number of carbonyl (C=O) groups is 2. The number of ether oxygens (including phenoxy) is 1. The first-order valence-electron chi connectivity index (χ1n) is 10.1. The molecule has 162 valence electrons. The molecule has 3 rings (SSSR count). The minimum atomic E-state index is -0.457. The molecule has 0 saturated carbocycles. The van der Waals surface area contributed by atoms with Crippen molar-refractivity contribution in [1.29, 1.82) is 0 Å². The van der Waals surface area contributed by atoms with Crippen LogP contribution in [0.25, 0.3) is 5.69 Å². The summed E-state index contributed by atoms with van der Waals surface area (Å²) in [5.41, 5.74) is 2.70. The lowest BCUT2D eigenvalue weighted by molar-refractivity contribution is 0.0519. The van der Waals surface area contributed by atoms with E-state index in [1.807, 2.05) is 61.5 Å². The first kappa shape index (κ1) is 22.0. The van der Waals surface area contributed by atoms with Gasteiger partial charge in [0.05, 0.1) is 18.3 Å². The van der Waals surface area contributed by atoms with Gasteiger partial charge in [-0.15, -0.1) is 0 Å². The number of hydrogen-bond acceptors (Lipinski definition) is 5. The minimum Gasteiger partial charge on any atom is -0.461 e. The lowest BCUT2D eigenvalue weighted by Gasteiger charge is -2.23. The Hall–Kier alpha value is -3.65.